The summed E-state index contributed by atoms with van der Waals surface area (Å²) in [7, 11) is 0. The second kappa shape index (κ2) is 4.42. The zero-order chi connectivity index (χ0) is 12.5. The summed E-state index contributed by atoms with van der Waals surface area (Å²) >= 11 is 3.45. The Hall–Kier alpha value is -1.88. The third kappa shape index (κ3) is 1.97. The van der Waals surface area contributed by atoms with E-state index in [4.69, 9.17) is 8.83 Å². The van der Waals surface area contributed by atoms with Crippen molar-refractivity contribution in [2.75, 3.05) is 0 Å². The van der Waals surface area contributed by atoms with Crippen LogP contribution in [0.25, 0.3) is 23.1 Å². The van der Waals surface area contributed by atoms with Gasteiger partial charge in [0.1, 0.15) is 5.76 Å². The molecule has 3 aromatic rings. The van der Waals surface area contributed by atoms with Gasteiger partial charge < -0.3 is 8.83 Å². The van der Waals surface area contributed by atoms with Crippen LogP contribution in [0.2, 0.25) is 0 Å². The molecule has 4 nitrogen and oxygen atoms in total. The van der Waals surface area contributed by atoms with Gasteiger partial charge >= 0.3 is 0 Å². The van der Waals surface area contributed by atoms with E-state index in [0.717, 1.165) is 15.8 Å². The minimum absolute atomic E-state index is 0.383. The number of aryl methyl sites for hydroxylation is 1. The van der Waals surface area contributed by atoms with Gasteiger partial charge in [-0.2, -0.15) is 0 Å². The first-order valence-corrected chi connectivity index (χ1v) is 6.18. The molecule has 0 saturated carbocycles. The van der Waals surface area contributed by atoms with E-state index in [-0.39, 0.29) is 0 Å². The molecule has 18 heavy (non-hydrogen) atoms. The molecule has 0 saturated heterocycles. The zero-order valence-electron chi connectivity index (χ0n) is 9.55. The van der Waals surface area contributed by atoms with E-state index >= 15 is 0 Å². The maximum absolute atomic E-state index is 5.60. The summed E-state index contributed by atoms with van der Waals surface area (Å²) in [4.78, 5) is 0. The lowest BCUT2D eigenvalue weighted by atomic mass is 10.2. The Kier molecular flexibility index (Phi) is 2.76. The first kappa shape index (κ1) is 11.2. The molecule has 3 rings (SSSR count). The van der Waals surface area contributed by atoms with Crippen molar-refractivity contribution in [3.05, 3.63) is 46.6 Å². The molecular formula is C13H9BrN2O2. The fourth-order valence-corrected chi connectivity index (χ4v) is 2.07. The van der Waals surface area contributed by atoms with E-state index < -0.39 is 0 Å². The van der Waals surface area contributed by atoms with E-state index in [1.807, 2.05) is 43.3 Å². The lowest BCUT2D eigenvalue weighted by Crippen LogP contribution is -1.78. The molecule has 0 bridgehead atoms. The summed E-state index contributed by atoms with van der Waals surface area (Å²) in [5, 5.41) is 8.01. The molecular weight excluding hydrogens is 296 g/mol. The molecule has 0 fully saturated rings. The lowest BCUT2D eigenvalue weighted by Gasteiger charge is -1.96. The Balaban J connectivity index is 2.02. The van der Waals surface area contributed by atoms with Crippen LogP contribution in [0.4, 0.5) is 0 Å². The molecule has 90 valence electrons. The number of benzene rings is 1. The number of halogens is 1. The summed E-state index contributed by atoms with van der Waals surface area (Å²) in [6, 6.07) is 11.4. The number of hydrogen-bond donors (Lipinski definition) is 0. The topological polar surface area (TPSA) is 52.1 Å². The first-order valence-electron chi connectivity index (χ1n) is 5.39. The second-order valence-corrected chi connectivity index (χ2v) is 4.66. The van der Waals surface area contributed by atoms with Gasteiger partial charge in [0.2, 0.25) is 5.89 Å². The normalized spacial score (nSPS) is 10.8. The standard InChI is InChI=1S/C13H9BrN2O2/c1-8-6-7-11(17-8)13-16-15-12(18-13)9-4-2-3-5-10(9)14/h2-7H,1H3. The van der Waals surface area contributed by atoms with E-state index in [1.54, 1.807) is 0 Å². The van der Waals surface area contributed by atoms with Gasteiger partial charge in [-0.1, -0.05) is 12.1 Å². The first-order chi connectivity index (χ1) is 8.74. The highest BCUT2D eigenvalue weighted by molar-refractivity contribution is 9.10. The molecule has 0 N–H and O–H groups in total. The zero-order valence-corrected chi connectivity index (χ0v) is 11.1. The molecule has 0 unspecified atom stereocenters. The predicted octanol–water partition coefficient (Wildman–Crippen LogP) is 4.07. The minimum Gasteiger partial charge on any atom is -0.456 e. The van der Waals surface area contributed by atoms with Crippen LogP contribution < -0.4 is 0 Å². The number of furan rings is 1. The highest BCUT2D eigenvalue weighted by atomic mass is 79.9. The number of nitrogens with zero attached hydrogens (tertiary/aromatic N) is 2. The van der Waals surface area contributed by atoms with Crippen molar-refractivity contribution in [1.82, 2.24) is 10.2 Å². The third-order valence-electron chi connectivity index (χ3n) is 2.48. The average molecular weight is 305 g/mol. The van der Waals surface area contributed by atoms with Crippen molar-refractivity contribution in [1.29, 1.82) is 0 Å². The van der Waals surface area contributed by atoms with Gasteiger partial charge in [-0.15, -0.1) is 10.2 Å². The summed E-state index contributed by atoms with van der Waals surface area (Å²) < 4.78 is 12.0. The number of aromatic nitrogens is 2. The van der Waals surface area contributed by atoms with Crippen LogP contribution in [0.1, 0.15) is 5.76 Å². The maximum atomic E-state index is 5.60. The highest BCUT2D eigenvalue weighted by Crippen LogP contribution is 2.29. The molecule has 0 spiro atoms. The van der Waals surface area contributed by atoms with Gasteiger partial charge in [-0.05, 0) is 47.1 Å². The van der Waals surface area contributed by atoms with Crippen LogP contribution in [0, 0.1) is 6.92 Å². The third-order valence-corrected chi connectivity index (χ3v) is 3.17. The summed E-state index contributed by atoms with van der Waals surface area (Å²) in [5.74, 6) is 2.24. The molecule has 2 heterocycles. The van der Waals surface area contributed by atoms with Gasteiger partial charge in [-0.25, -0.2) is 0 Å². The molecule has 2 aromatic heterocycles. The van der Waals surface area contributed by atoms with Crippen LogP contribution in [0.15, 0.2) is 49.7 Å². The van der Waals surface area contributed by atoms with Gasteiger partial charge in [0.15, 0.2) is 5.76 Å². The molecule has 5 heteroatoms. The van der Waals surface area contributed by atoms with Crippen molar-refractivity contribution >= 4 is 15.9 Å². The highest BCUT2D eigenvalue weighted by Gasteiger charge is 2.14. The van der Waals surface area contributed by atoms with Crippen molar-refractivity contribution in [3.63, 3.8) is 0 Å². The Morgan fingerprint density at radius 2 is 1.72 bits per heavy atom. The van der Waals surface area contributed by atoms with E-state index in [9.17, 15) is 0 Å². The Morgan fingerprint density at radius 1 is 0.944 bits per heavy atom. The molecule has 0 aliphatic heterocycles. The molecule has 1 aromatic carbocycles. The quantitative estimate of drug-likeness (QED) is 0.716. The number of hydrogen-bond acceptors (Lipinski definition) is 4. The largest absolute Gasteiger partial charge is 0.456 e. The minimum atomic E-state index is 0.383. The maximum Gasteiger partial charge on any atom is 0.283 e. The van der Waals surface area contributed by atoms with Crippen LogP contribution in [0.5, 0.6) is 0 Å². The van der Waals surface area contributed by atoms with Crippen molar-refractivity contribution in [2.45, 2.75) is 6.92 Å². The van der Waals surface area contributed by atoms with Gasteiger partial charge in [0.25, 0.3) is 5.89 Å². The monoisotopic (exact) mass is 304 g/mol. The SMILES string of the molecule is Cc1ccc(-c2nnc(-c3ccccc3Br)o2)o1. The summed E-state index contributed by atoms with van der Waals surface area (Å²) in [6.45, 7) is 1.87. The van der Waals surface area contributed by atoms with Crippen molar-refractivity contribution < 1.29 is 8.83 Å². The van der Waals surface area contributed by atoms with Crippen molar-refractivity contribution in [3.8, 4) is 23.1 Å². The van der Waals surface area contributed by atoms with E-state index in [1.165, 1.54) is 0 Å². The van der Waals surface area contributed by atoms with Gasteiger partial charge in [0, 0.05) is 4.47 Å². The van der Waals surface area contributed by atoms with Crippen LogP contribution in [-0.4, -0.2) is 10.2 Å². The Bertz CT molecular complexity index is 688. The van der Waals surface area contributed by atoms with Crippen LogP contribution in [-0.2, 0) is 0 Å². The smallest absolute Gasteiger partial charge is 0.283 e. The van der Waals surface area contributed by atoms with E-state index in [0.29, 0.717) is 17.5 Å². The van der Waals surface area contributed by atoms with E-state index in [2.05, 4.69) is 26.1 Å². The fourth-order valence-electron chi connectivity index (χ4n) is 1.62. The Labute approximate surface area is 112 Å². The summed E-state index contributed by atoms with van der Waals surface area (Å²) in [6.07, 6.45) is 0. The fraction of sp³-hybridized carbons (Fsp3) is 0.0769. The van der Waals surface area contributed by atoms with Crippen molar-refractivity contribution in [2.24, 2.45) is 0 Å². The molecule has 0 aliphatic carbocycles. The summed E-state index contributed by atoms with van der Waals surface area (Å²) in [5.41, 5.74) is 0.861. The molecule has 0 radical (unpaired) electrons. The predicted molar refractivity (Wildman–Crippen MR) is 69.9 cm³/mol. The van der Waals surface area contributed by atoms with Gasteiger partial charge in [-0.3, -0.25) is 0 Å². The van der Waals surface area contributed by atoms with Crippen LogP contribution >= 0.6 is 15.9 Å². The average Bonchev–Trinajstić information content (AvgIpc) is 2.98. The molecule has 0 aliphatic rings. The van der Waals surface area contributed by atoms with Crippen LogP contribution in [0.3, 0.4) is 0 Å². The Morgan fingerprint density at radius 3 is 2.44 bits per heavy atom. The molecule has 0 amide bonds. The lowest BCUT2D eigenvalue weighted by molar-refractivity contribution is 0.505. The molecule has 0 atom stereocenters. The second-order valence-electron chi connectivity index (χ2n) is 3.80. The number of rotatable bonds is 2. The van der Waals surface area contributed by atoms with Gasteiger partial charge in [0.05, 0.1) is 5.56 Å².